The zero-order valence-corrected chi connectivity index (χ0v) is 13.3. The monoisotopic (exact) mass is 295 g/mol. The number of β-amino-alcohol motifs (C(OH)–C–C–N with tert-alkyl or cyclic N) is 1. The average Bonchev–Trinajstić information content (AvgIpc) is 2.93. The van der Waals surface area contributed by atoms with Crippen molar-refractivity contribution in [3.63, 3.8) is 0 Å². The molecule has 1 unspecified atom stereocenters. The fourth-order valence-electron chi connectivity index (χ4n) is 3.98. The van der Waals surface area contributed by atoms with Gasteiger partial charge in [-0.25, -0.2) is 0 Å². The molecule has 3 saturated heterocycles. The Morgan fingerprint density at radius 2 is 1.90 bits per heavy atom. The Morgan fingerprint density at radius 3 is 2.52 bits per heavy atom. The Bertz CT molecular complexity index is 387. The van der Waals surface area contributed by atoms with E-state index in [1.54, 1.807) is 0 Å². The summed E-state index contributed by atoms with van der Waals surface area (Å²) in [5.74, 6) is 0.460. The maximum absolute atomic E-state index is 12.7. The highest BCUT2D eigenvalue weighted by molar-refractivity contribution is 5.83. The van der Waals surface area contributed by atoms with Crippen molar-refractivity contribution in [3.8, 4) is 0 Å². The van der Waals surface area contributed by atoms with Gasteiger partial charge < -0.3 is 15.3 Å². The molecule has 2 N–H and O–H groups in total. The van der Waals surface area contributed by atoms with Crippen molar-refractivity contribution < 1.29 is 9.90 Å². The van der Waals surface area contributed by atoms with Crippen molar-refractivity contribution in [1.82, 2.24) is 15.1 Å². The molecular formula is C16H29N3O2. The minimum atomic E-state index is -0.659. The minimum absolute atomic E-state index is 0.0600. The maximum atomic E-state index is 12.7. The third-order valence-corrected chi connectivity index (χ3v) is 5.67. The van der Waals surface area contributed by atoms with Crippen molar-refractivity contribution in [3.05, 3.63) is 0 Å². The fraction of sp³-hybridized carbons (Fsp3) is 0.938. The summed E-state index contributed by atoms with van der Waals surface area (Å²) in [6.07, 6.45) is 4.42. The van der Waals surface area contributed by atoms with E-state index in [0.29, 0.717) is 19.1 Å². The number of hydrogen-bond donors (Lipinski definition) is 2. The zero-order valence-electron chi connectivity index (χ0n) is 13.3. The first-order chi connectivity index (χ1) is 10.0. The number of hydrogen-bond acceptors (Lipinski definition) is 4. The van der Waals surface area contributed by atoms with Crippen LogP contribution in [0, 0.1) is 5.92 Å². The largest absolute Gasteiger partial charge is 0.386 e. The third-order valence-electron chi connectivity index (χ3n) is 5.67. The normalized spacial score (nSPS) is 30.7. The third kappa shape index (κ3) is 2.83. The first-order valence-electron chi connectivity index (χ1n) is 8.49. The molecule has 5 heteroatoms. The molecule has 0 aromatic rings. The molecule has 0 aromatic heterocycles. The number of nitrogens with zero attached hydrogens (tertiary/aromatic N) is 2. The second-order valence-electron chi connectivity index (χ2n) is 7.33. The van der Waals surface area contributed by atoms with Crippen LogP contribution in [0.2, 0.25) is 0 Å². The maximum Gasteiger partial charge on any atom is 0.240 e. The lowest BCUT2D eigenvalue weighted by Crippen LogP contribution is -2.68. The fourth-order valence-corrected chi connectivity index (χ4v) is 3.98. The molecule has 0 radical (unpaired) electrons. The number of aliphatic hydroxyl groups is 1. The molecule has 0 spiro atoms. The van der Waals surface area contributed by atoms with Crippen LogP contribution in [0.5, 0.6) is 0 Å². The van der Waals surface area contributed by atoms with Gasteiger partial charge in [0.05, 0.1) is 19.1 Å². The second kappa shape index (κ2) is 5.86. The van der Waals surface area contributed by atoms with Gasteiger partial charge in [-0.05, 0) is 51.2 Å². The quantitative estimate of drug-likeness (QED) is 0.793. The van der Waals surface area contributed by atoms with Crippen molar-refractivity contribution in [2.45, 2.75) is 57.2 Å². The number of likely N-dealkylation sites (tertiary alicyclic amines) is 2. The van der Waals surface area contributed by atoms with Gasteiger partial charge in [0.25, 0.3) is 0 Å². The number of nitrogens with one attached hydrogen (secondary N) is 1. The highest BCUT2D eigenvalue weighted by Gasteiger charge is 2.48. The molecule has 5 nitrogen and oxygen atoms in total. The Labute approximate surface area is 127 Å². The molecule has 1 atom stereocenters. The molecule has 3 fully saturated rings. The highest BCUT2D eigenvalue weighted by Crippen LogP contribution is 2.32. The van der Waals surface area contributed by atoms with Gasteiger partial charge in [0, 0.05) is 6.04 Å². The van der Waals surface area contributed by atoms with E-state index >= 15 is 0 Å². The highest BCUT2D eigenvalue weighted by atomic mass is 16.3. The van der Waals surface area contributed by atoms with E-state index in [1.807, 2.05) is 18.7 Å². The molecule has 3 aliphatic heterocycles. The predicted molar refractivity (Wildman–Crippen MR) is 82.0 cm³/mol. The summed E-state index contributed by atoms with van der Waals surface area (Å²) in [4.78, 5) is 17.1. The van der Waals surface area contributed by atoms with Crippen LogP contribution in [-0.4, -0.2) is 71.2 Å². The molecule has 21 heavy (non-hydrogen) atoms. The van der Waals surface area contributed by atoms with Gasteiger partial charge in [0.15, 0.2) is 0 Å². The van der Waals surface area contributed by atoms with Crippen LogP contribution in [-0.2, 0) is 4.79 Å². The topological polar surface area (TPSA) is 55.8 Å². The van der Waals surface area contributed by atoms with Gasteiger partial charge in [-0.1, -0.05) is 13.8 Å². The Kier molecular flexibility index (Phi) is 4.26. The molecular weight excluding hydrogens is 266 g/mol. The van der Waals surface area contributed by atoms with Crippen LogP contribution in [0.4, 0.5) is 0 Å². The van der Waals surface area contributed by atoms with E-state index in [-0.39, 0.29) is 17.9 Å². The van der Waals surface area contributed by atoms with E-state index in [0.717, 1.165) is 45.3 Å². The number of piperidine rings is 1. The lowest BCUT2D eigenvalue weighted by atomic mass is 9.82. The number of rotatable bonds is 3. The molecule has 0 aromatic carbocycles. The molecule has 120 valence electrons. The van der Waals surface area contributed by atoms with Crippen molar-refractivity contribution in [1.29, 1.82) is 0 Å². The van der Waals surface area contributed by atoms with Crippen LogP contribution in [0.25, 0.3) is 0 Å². The molecule has 0 bridgehead atoms. The SMILES string of the molecule is CC(C)C1(O)CN(C(=O)C2CCCN2C2CCNCC2)C1. The van der Waals surface area contributed by atoms with Gasteiger partial charge in [-0.2, -0.15) is 0 Å². The van der Waals surface area contributed by atoms with Crippen LogP contribution >= 0.6 is 0 Å². The summed E-state index contributed by atoms with van der Waals surface area (Å²) < 4.78 is 0. The molecule has 3 heterocycles. The number of carbonyl (C=O) groups excluding carboxylic acids is 1. The molecule has 1 amide bonds. The van der Waals surface area contributed by atoms with Gasteiger partial charge in [0.1, 0.15) is 5.60 Å². The summed E-state index contributed by atoms with van der Waals surface area (Å²) in [6.45, 7) is 8.28. The lowest BCUT2D eigenvalue weighted by Gasteiger charge is -2.50. The molecule has 0 saturated carbocycles. The van der Waals surface area contributed by atoms with Crippen molar-refractivity contribution in [2.24, 2.45) is 5.92 Å². The summed E-state index contributed by atoms with van der Waals surface area (Å²) >= 11 is 0. The summed E-state index contributed by atoms with van der Waals surface area (Å²) in [5.41, 5.74) is -0.659. The minimum Gasteiger partial charge on any atom is -0.386 e. The standard InChI is InChI=1S/C16H29N3O2/c1-12(2)16(21)10-18(11-16)15(20)14-4-3-9-19(14)13-5-7-17-8-6-13/h12-14,17,21H,3-11H2,1-2H3. The molecule has 3 aliphatic rings. The van der Waals surface area contributed by atoms with Crippen LogP contribution < -0.4 is 5.32 Å². The van der Waals surface area contributed by atoms with Crippen LogP contribution in [0.3, 0.4) is 0 Å². The van der Waals surface area contributed by atoms with Crippen LogP contribution in [0.15, 0.2) is 0 Å². The van der Waals surface area contributed by atoms with Crippen LogP contribution in [0.1, 0.15) is 39.5 Å². The predicted octanol–water partition coefficient (Wildman–Crippen LogP) is 0.432. The first kappa shape index (κ1) is 15.3. The summed E-state index contributed by atoms with van der Waals surface area (Å²) in [7, 11) is 0. The average molecular weight is 295 g/mol. The van der Waals surface area contributed by atoms with E-state index in [1.165, 1.54) is 0 Å². The number of amides is 1. The Hall–Kier alpha value is -0.650. The van der Waals surface area contributed by atoms with Gasteiger partial charge in [0.2, 0.25) is 5.91 Å². The van der Waals surface area contributed by atoms with Gasteiger partial charge in [-0.15, -0.1) is 0 Å². The van der Waals surface area contributed by atoms with Gasteiger partial charge in [-0.3, -0.25) is 9.69 Å². The molecule has 3 rings (SSSR count). The summed E-state index contributed by atoms with van der Waals surface area (Å²) in [5, 5.41) is 13.7. The Morgan fingerprint density at radius 1 is 1.24 bits per heavy atom. The number of carbonyl (C=O) groups is 1. The summed E-state index contributed by atoms with van der Waals surface area (Å²) in [6, 6.07) is 0.623. The first-order valence-corrected chi connectivity index (χ1v) is 8.49. The van der Waals surface area contributed by atoms with E-state index in [2.05, 4.69) is 10.2 Å². The van der Waals surface area contributed by atoms with E-state index in [9.17, 15) is 9.90 Å². The van der Waals surface area contributed by atoms with E-state index < -0.39 is 5.60 Å². The van der Waals surface area contributed by atoms with Crippen molar-refractivity contribution >= 4 is 5.91 Å². The molecule has 0 aliphatic carbocycles. The zero-order chi connectivity index (χ0) is 15.0. The van der Waals surface area contributed by atoms with Gasteiger partial charge >= 0.3 is 0 Å². The second-order valence-corrected chi connectivity index (χ2v) is 7.33. The smallest absolute Gasteiger partial charge is 0.240 e. The lowest BCUT2D eigenvalue weighted by molar-refractivity contribution is -0.168. The van der Waals surface area contributed by atoms with E-state index in [4.69, 9.17) is 0 Å². The van der Waals surface area contributed by atoms with Crippen molar-refractivity contribution in [2.75, 3.05) is 32.7 Å². The Balaban J connectivity index is 1.59.